The smallest absolute Gasteiger partial charge is 0.238 e. The van der Waals surface area contributed by atoms with E-state index in [1.807, 2.05) is 24.3 Å². The fraction of sp³-hybridized carbons (Fsp3) is 0.296. The number of nitrogens with zero attached hydrogens (tertiary/aromatic N) is 7. The second-order valence-corrected chi connectivity index (χ2v) is 9.92. The van der Waals surface area contributed by atoms with Gasteiger partial charge in [-0.1, -0.05) is 22.9 Å². The lowest BCUT2D eigenvalue weighted by molar-refractivity contribution is 0.122. The normalized spacial score (nSPS) is 14.4. The van der Waals surface area contributed by atoms with Crippen molar-refractivity contribution in [3.8, 4) is 6.07 Å². The second kappa shape index (κ2) is 11.7. The fourth-order valence-electron chi connectivity index (χ4n) is 4.16. The fourth-order valence-corrected chi connectivity index (χ4v) is 5.17. The first kappa shape index (κ1) is 25.9. The highest BCUT2D eigenvalue weighted by molar-refractivity contribution is 7.16. The third-order valence-corrected chi connectivity index (χ3v) is 7.25. The first-order chi connectivity index (χ1) is 18.6. The largest absolute Gasteiger partial charge is 0.435 e. The van der Waals surface area contributed by atoms with Gasteiger partial charge in [-0.15, -0.1) is 10.2 Å². The number of azo groups is 1. The van der Waals surface area contributed by atoms with Crippen LogP contribution < -0.4 is 9.80 Å². The summed E-state index contributed by atoms with van der Waals surface area (Å²) in [5, 5.41) is 19.8. The minimum Gasteiger partial charge on any atom is -0.435 e. The van der Waals surface area contributed by atoms with E-state index in [1.54, 1.807) is 24.3 Å². The predicted octanol–water partition coefficient (Wildman–Crippen LogP) is 7.10. The number of hydrogen-bond acceptors (Lipinski definition) is 10. The zero-order valence-electron chi connectivity index (χ0n) is 21.1. The van der Waals surface area contributed by atoms with Crippen molar-refractivity contribution in [1.29, 1.82) is 5.26 Å². The van der Waals surface area contributed by atoms with Gasteiger partial charge in [0.25, 0.3) is 0 Å². The summed E-state index contributed by atoms with van der Waals surface area (Å²) < 4.78 is 11.3. The van der Waals surface area contributed by atoms with Crippen LogP contribution in [0, 0.1) is 11.3 Å². The minimum absolute atomic E-state index is 0.225. The van der Waals surface area contributed by atoms with E-state index in [-0.39, 0.29) is 11.5 Å². The Morgan fingerprint density at radius 3 is 2.61 bits per heavy atom. The molecule has 0 unspecified atom stereocenters. The van der Waals surface area contributed by atoms with Crippen molar-refractivity contribution in [3.63, 3.8) is 0 Å². The predicted molar refractivity (Wildman–Crippen MR) is 152 cm³/mol. The summed E-state index contributed by atoms with van der Waals surface area (Å²) in [5.41, 5.74) is 3.32. The molecule has 0 saturated carbocycles. The van der Waals surface area contributed by atoms with Crippen molar-refractivity contribution < 1.29 is 9.15 Å². The highest BCUT2D eigenvalue weighted by Crippen LogP contribution is 2.36. The van der Waals surface area contributed by atoms with Crippen LogP contribution in [-0.4, -0.2) is 49.4 Å². The van der Waals surface area contributed by atoms with Gasteiger partial charge in [-0.2, -0.15) is 10.2 Å². The summed E-state index contributed by atoms with van der Waals surface area (Å²) in [6.45, 7) is 8.75. The van der Waals surface area contributed by atoms with Gasteiger partial charge in [-0.25, -0.2) is 4.98 Å². The Morgan fingerprint density at radius 2 is 1.89 bits per heavy atom. The van der Waals surface area contributed by atoms with Gasteiger partial charge in [-0.05, 0) is 56.3 Å². The number of aromatic nitrogens is 2. The number of rotatable bonds is 8. The van der Waals surface area contributed by atoms with Crippen LogP contribution in [0.5, 0.6) is 0 Å². The number of allylic oxidation sites excluding steroid dienone is 1. The number of hydrogen-bond donors (Lipinski definition) is 0. The molecule has 2 aromatic carbocycles. The van der Waals surface area contributed by atoms with Crippen molar-refractivity contribution in [2.75, 3.05) is 49.2 Å². The maximum Gasteiger partial charge on any atom is 0.238 e. The van der Waals surface area contributed by atoms with Crippen LogP contribution in [0.15, 0.2) is 57.1 Å². The summed E-state index contributed by atoms with van der Waals surface area (Å²) in [4.78, 5) is 14.4. The van der Waals surface area contributed by atoms with Crippen molar-refractivity contribution in [2.45, 2.75) is 13.8 Å². The van der Waals surface area contributed by atoms with Crippen molar-refractivity contribution in [2.24, 2.45) is 10.2 Å². The molecule has 0 bridgehead atoms. The Morgan fingerprint density at radius 1 is 1.13 bits per heavy atom. The van der Waals surface area contributed by atoms with E-state index in [9.17, 15) is 5.26 Å². The molecular weight excluding hydrogens is 522 g/mol. The zero-order valence-corrected chi connectivity index (χ0v) is 22.7. The lowest BCUT2D eigenvalue weighted by Gasteiger charge is -2.27. The molecule has 0 atom stereocenters. The molecule has 0 amide bonds. The number of halogens is 1. The molecule has 0 radical (unpaired) electrons. The third-order valence-electron chi connectivity index (χ3n) is 6.14. The van der Waals surface area contributed by atoms with Gasteiger partial charge in [0.05, 0.1) is 23.8 Å². The number of oxazole rings is 1. The average molecular weight is 548 g/mol. The van der Waals surface area contributed by atoms with Crippen LogP contribution in [0.3, 0.4) is 0 Å². The molecule has 194 valence electrons. The van der Waals surface area contributed by atoms with Crippen LogP contribution in [0.25, 0.3) is 22.7 Å². The van der Waals surface area contributed by atoms with E-state index in [4.69, 9.17) is 25.7 Å². The Bertz CT molecular complexity index is 1510. The third kappa shape index (κ3) is 5.70. The standard InChI is InChI=1S/C27H26ClN7O2S/c1-3-34(4-2)21-8-6-20(7-9-21)32-33-27-31-25(35-11-13-36-14-12-35)24(38-27)15-18(17-29)26-30-22-10-5-19(28)16-23(22)37-26/h5-10,15-16H,3-4,11-14H2,1-2H3/b18-15+,33-32?. The Labute approximate surface area is 229 Å². The van der Waals surface area contributed by atoms with E-state index >= 15 is 0 Å². The molecule has 2 aromatic heterocycles. The number of nitriles is 1. The molecule has 4 aromatic rings. The molecular formula is C27H26ClN7O2S. The average Bonchev–Trinajstić information content (AvgIpc) is 3.56. The summed E-state index contributed by atoms with van der Waals surface area (Å²) >= 11 is 7.43. The van der Waals surface area contributed by atoms with Gasteiger partial charge in [0.15, 0.2) is 5.58 Å². The molecule has 0 N–H and O–H groups in total. The van der Waals surface area contributed by atoms with Crippen LogP contribution in [0.1, 0.15) is 24.6 Å². The summed E-state index contributed by atoms with van der Waals surface area (Å²) in [6.07, 6.45) is 1.74. The SMILES string of the molecule is CCN(CC)c1ccc(N=Nc2nc(N3CCOCC3)c(/C=C(\C#N)c3nc4ccc(Cl)cc4o3)s2)cc1. The van der Waals surface area contributed by atoms with Crippen molar-refractivity contribution in [1.82, 2.24) is 9.97 Å². The summed E-state index contributed by atoms with van der Waals surface area (Å²) in [5.74, 6) is 0.957. The molecule has 0 aliphatic carbocycles. The van der Waals surface area contributed by atoms with E-state index in [0.29, 0.717) is 47.6 Å². The van der Waals surface area contributed by atoms with Gasteiger partial charge < -0.3 is 19.0 Å². The second-order valence-electron chi connectivity index (χ2n) is 8.47. The molecule has 1 aliphatic rings. The van der Waals surface area contributed by atoms with E-state index < -0.39 is 0 Å². The molecule has 11 heteroatoms. The van der Waals surface area contributed by atoms with Gasteiger partial charge in [0.1, 0.15) is 23.0 Å². The first-order valence-corrected chi connectivity index (χ1v) is 13.6. The molecule has 9 nitrogen and oxygen atoms in total. The topological polar surface area (TPSA) is 103 Å². The number of ether oxygens (including phenoxy) is 1. The monoisotopic (exact) mass is 547 g/mol. The summed E-state index contributed by atoms with van der Waals surface area (Å²) in [7, 11) is 0. The molecule has 1 fully saturated rings. The molecule has 5 rings (SSSR count). The van der Waals surface area contributed by atoms with Gasteiger partial charge >= 0.3 is 0 Å². The minimum atomic E-state index is 0.225. The lowest BCUT2D eigenvalue weighted by Crippen LogP contribution is -2.36. The van der Waals surface area contributed by atoms with Crippen LogP contribution >= 0.6 is 22.9 Å². The Kier molecular flexibility index (Phi) is 7.98. The molecule has 1 aliphatic heterocycles. The number of anilines is 2. The maximum atomic E-state index is 9.94. The maximum absolute atomic E-state index is 9.94. The van der Waals surface area contributed by atoms with Crippen LogP contribution in [-0.2, 0) is 4.74 Å². The van der Waals surface area contributed by atoms with Crippen molar-refractivity contribution in [3.05, 3.63) is 58.3 Å². The summed E-state index contributed by atoms with van der Waals surface area (Å²) in [6, 6.07) is 15.4. The lowest BCUT2D eigenvalue weighted by atomic mass is 10.2. The van der Waals surface area contributed by atoms with E-state index in [0.717, 1.165) is 35.2 Å². The molecule has 1 saturated heterocycles. The number of fused-ring (bicyclic) bond motifs is 1. The quantitative estimate of drug-likeness (QED) is 0.171. The van der Waals surface area contributed by atoms with E-state index in [2.05, 4.69) is 44.9 Å². The highest BCUT2D eigenvalue weighted by Gasteiger charge is 2.21. The van der Waals surface area contributed by atoms with Gasteiger partial charge in [0.2, 0.25) is 11.0 Å². The van der Waals surface area contributed by atoms with Gasteiger partial charge in [-0.3, -0.25) is 0 Å². The highest BCUT2D eigenvalue weighted by atomic mass is 35.5. The number of morpholine rings is 1. The Hall–Kier alpha value is -3.78. The van der Waals surface area contributed by atoms with Crippen LogP contribution in [0.2, 0.25) is 5.02 Å². The molecule has 3 heterocycles. The number of thiazole rings is 1. The van der Waals surface area contributed by atoms with E-state index in [1.165, 1.54) is 11.3 Å². The Balaban J connectivity index is 1.46. The first-order valence-electron chi connectivity index (χ1n) is 12.4. The number of benzene rings is 2. The van der Waals surface area contributed by atoms with Crippen molar-refractivity contribution >= 4 is 68.0 Å². The molecule has 38 heavy (non-hydrogen) atoms. The van der Waals surface area contributed by atoms with Crippen LogP contribution in [0.4, 0.5) is 22.3 Å². The van der Waals surface area contributed by atoms with Gasteiger partial charge in [0, 0.05) is 43.0 Å². The zero-order chi connectivity index (χ0) is 26.5. The molecule has 0 spiro atoms.